The van der Waals surface area contributed by atoms with Gasteiger partial charge in [-0.1, -0.05) is 10.4 Å². The van der Waals surface area contributed by atoms with Gasteiger partial charge in [0.05, 0.1) is 18.4 Å². The summed E-state index contributed by atoms with van der Waals surface area (Å²) in [6.45, 7) is 4.27. The zero-order valence-corrected chi connectivity index (χ0v) is 8.71. The molecule has 80 valence electrons. The third kappa shape index (κ3) is 2.21. The summed E-state index contributed by atoms with van der Waals surface area (Å²) in [7, 11) is 0. The molecule has 0 aliphatic carbocycles. The summed E-state index contributed by atoms with van der Waals surface area (Å²) in [6.07, 6.45) is 1.81. The molecule has 0 saturated carbocycles. The van der Waals surface area contributed by atoms with Gasteiger partial charge in [0.25, 0.3) is 0 Å². The Kier molecular flexibility index (Phi) is 2.51. The molecular formula is C9H13N5O. The molecule has 1 unspecified atom stereocenters. The average molecular weight is 207 g/mol. The number of rotatable bonds is 3. The zero-order chi connectivity index (χ0) is 10.8. The van der Waals surface area contributed by atoms with Crippen LogP contribution in [-0.4, -0.2) is 20.2 Å². The highest BCUT2D eigenvalue weighted by molar-refractivity contribution is 5.05. The van der Waals surface area contributed by atoms with E-state index in [1.54, 1.807) is 4.68 Å². The lowest BCUT2D eigenvalue weighted by Gasteiger charge is -1.96. The normalized spacial score (nSPS) is 13.0. The van der Waals surface area contributed by atoms with E-state index < -0.39 is 0 Å². The lowest BCUT2D eigenvalue weighted by molar-refractivity contribution is 0.387. The molecule has 0 aliphatic heterocycles. The number of hydrogen-bond acceptors (Lipinski definition) is 5. The molecule has 0 saturated heterocycles. The minimum absolute atomic E-state index is 0.0993. The first kappa shape index (κ1) is 9.85. The molecule has 15 heavy (non-hydrogen) atoms. The van der Waals surface area contributed by atoms with Gasteiger partial charge in [0, 0.05) is 12.1 Å². The number of nitrogens with zero attached hydrogens (tertiary/aromatic N) is 4. The summed E-state index contributed by atoms with van der Waals surface area (Å²) < 4.78 is 6.65. The van der Waals surface area contributed by atoms with Gasteiger partial charge in [0.15, 0.2) is 0 Å². The molecule has 0 fully saturated rings. The molecule has 2 N–H and O–H groups in total. The van der Waals surface area contributed by atoms with E-state index in [0.29, 0.717) is 6.54 Å². The van der Waals surface area contributed by atoms with Crippen molar-refractivity contribution in [3.63, 3.8) is 0 Å². The van der Waals surface area contributed by atoms with Crippen molar-refractivity contribution in [2.24, 2.45) is 5.73 Å². The highest BCUT2D eigenvalue weighted by atomic mass is 16.5. The van der Waals surface area contributed by atoms with Crippen LogP contribution < -0.4 is 5.73 Å². The van der Waals surface area contributed by atoms with Crippen LogP contribution in [0, 0.1) is 6.92 Å². The minimum atomic E-state index is -0.0993. The molecule has 0 radical (unpaired) electrons. The van der Waals surface area contributed by atoms with Gasteiger partial charge in [-0.05, 0) is 13.8 Å². The fourth-order valence-electron chi connectivity index (χ4n) is 1.26. The van der Waals surface area contributed by atoms with Gasteiger partial charge in [0.1, 0.15) is 11.5 Å². The van der Waals surface area contributed by atoms with Crippen molar-refractivity contribution < 1.29 is 4.52 Å². The SMILES string of the molecule is Cc1cc(Cn2cc(C(C)N)nn2)no1. The van der Waals surface area contributed by atoms with Crippen LogP contribution in [0.4, 0.5) is 0 Å². The Morgan fingerprint density at radius 1 is 1.60 bits per heavy atom. The summed E-state index contributed by atoms with van der Waals surface area (Å²) >= 11 is 0. The predicted octanol–water partition coefficient (Wildman–Crippen LogP) is 0.643. The van der Waals surface area contributed by atoms with Crippen LogP contribution in [0.5, 0.6) is 0 Å². The lowest BCUT2D eigenvalue weighted by Crippen LogP contribution is -2.05. The summed E-state index contributed by atoms with van der Waals surface area (Å²) in [5.41, 5.74) is 7.28. The Morgan fingerprint density at radius 3 is 2.93 bits per heavy atom. The zero-order valence-electron chi connectivity index (χ0n) is 8.71. The molecule has 6 heteroatoms. The second-order valence-corrected chi connectivity index (χ2v) is 3.56. The van der Waals surface area contributed by atoms with Crippen LogP contribution in [0.2, 0.25) is 0 Å². The highest BCUT2D eigenvalue weighted by Crippen LogP contribution is 2.06. The maximum Gasteiger partial charge on any atom is 0.133 e. The molecule has 0 bridgehead atoms. The van der Waals surface area contributed by atoms with Crippen molar-refractivity contribution in [2.75, 3.05) is 0 Å². The quantitative estimate of drug-likeness (QED) is 0.798. The maximum absolute atomic E-state index is 5.67. The van der Waals surface area contributed by atoms with Crippen molar-refractivity contribution in [1.29, 1.82) is 0 Å². The maximum atomic E-state index is 5.67. The first-order valence-electron chi connectivity index (χ1n) is 4.73. The average Bonchev–Trinajstić information content (AvgIpc) is 2.76. The third-order valence-corrected chi connectivity index (χ3v) is 2.02. The van der Waals surface area contributed by atoms with Crippen molar-refractivity contribution in [2.45, 2.75) is 26.4 Å². The Bertz CT molecular complexity index is 445. The second kappa shape index (κ2) is 3.82. The smallest absolute Gasteiger partial charge is 0.133 e. The Balaban J connectivity index is 2.11. The number of aromatic nitrogens is 4. The first-order chi connectivity index (χ1) is 7.15. The molecule has 0 amide bonds. The van der Waals surface area contributed by atoms with Gasteiger partial charge in [-0.25, -0.2) is 4.68 Å². The van der Waals surface area contributed by atoms with Crippen LogP contribution >= 0.6 is 0 Å². The van der Waals surface area contributed by atoms with E-state index in [4.69, 9.17) is 10.3 Å². The topological polar surface area (TPSA) is 82.8 Å². The second-order valence-electron chi connectivity index (χ2n) is 3.56. The van der Waals surface area contributed by atoms with E-state index in [2.05, 4.69) is 15.5 Å². The number of aryl methyl sites for hydroxylation is 1. The summed E-state index contributed by atoms with van der Waals surface area (Å²) in [4.78, 5) is 0. The predicted molar refractivity (Wildman–Crippen MR) is 53.0 cm³/mol. The summed E-state index contributed by atoms with van der Waals surface area (Å²) in [6, 6.07) is 1.77. The molecule has 0 aliphatic rings. The molecule has 6 nitrogen and oxygen atoms in total. The van der Waals surface area contributed by atoms with Gasteiger partial charge < -0.3 is 10.3 Å². The van der Waals surface area contributed by atoms with Crippen molar-refractivity contribution in [3.8, 4) is 0 Å². The van der Waals surface area contributed by atoms with E-state index >= 15 is 0 Å². The van der Waals surface area contributed by atoms with E-state index in [9.17, 15) is 0 Å². The van der Waals surface area contributed by atoms with Crippen LogP contribution in [0.15, 0.2) is 16.8 Å². The molecule has 1 atom stereocenters. The van der Waals surface area contributed by atoms with Crippen LogP contribution in [0.3, 0.4) is 0 Å². The Labute approximate surface area is 87.0 Å². The van der Waals surface area contributed by atoms with Gasteiger partial charge in [-0.15, -0.1) is 5.10 Å². The number of nitrogens with two attached hydrogens (primary N) is 1. The third-order valence-electron chi connectivity index (χ3n) is 2.02. The number of hydrogen-bond donors (Lipinski definition) is 1. The lowest BCUT2D eigenvalue weighted by atomic mass is 10.3. The van der Waals surface area contributed by atoms with E-state index in [-0.39, 0.29) is 6.04 Å². The fraction of sp³-hybridized carbons (Fsp3) is 0.444. The van der Waals surface area contributed by atoms with E-state index in [0.717, 1.165) is 17.1 Å². The fourth-order valence-corrected chi connectivity index (χ4v) is 1.26. The molecule has 2 heterocycles. The van der Waals surface area contributed by atoms with E-state index in [1.165, 1.54) is 0 Å². The first-order valence-corrected chi connectivity index (χ1v) is 4.73. The van der Waals surface area contributed by atoms with E-state index in [1.807, 2.05) is 26.1 Å². The molecule has 2 aromatic rings. The van der Waals surface area contributed by atoms with Gasteiger partial charge >= 0.3 is 0 Å². The Hall–Kier alpha value is -1.69. The monoisotopic (exact) mass is 207 g/mol. The molecular weight excluding hydrogens is 194 g/mol. The van der Waals surface area contributed by atoms with Crippen LogP contribution in [0.1, 0.15) is 30.1 Å². The molecule has 2 aromatic heterocycles. The molecule has 0 spiro atoms. The van der Waals surface area contributed by atoms with Gasteiger partial charge in [-0.2, -0.15) is 0 Å². The highest BCUT2D eigenvalue weighted by Gasteiger charge is 2.07. The van der Waals surface area contributed by atoms with Crippen molar-refractivity contribution in [1.82, 2.24) is 20.2 Å². The standard InChI is InChI=1S/C9H13N5O/c1-6-3-8(12-15-6)4-14-5-9(7(2)10)11-13-14/h3,5,7H,4,10H2,1-2H3. The van der Waals surface area contributed by atoms with Gasteiger partial charge in [-0.3, -0.25) is 0 Å². The van der Waals surface area contributed by atoms with Crippen LogP contribution in [0.25, 0.3) is 0 Å². The molecule has 0 aromatic carbocycles. The van der Waals surface area contributed by atoms with Crippen LogP contribution in [-0.2, 0) is 6.54 Å². The van der Waals surface area contributed by atoms with Crippen molar-refractivity contribution >= 4 is 0 Å². The van der Waals surface area contributed by atoms with Gasteiger partial charge in [0.2, 0.25) is 0 Å². The largest absolute Gasteiger partial charge is 0.361 e. The summed E-state index contributed by atoms with van der Waals surface area (Å²) in [5, 5.41) is 11.8. The Morgan fingerprint density at radius 2 is 2.40 bits per heavy atom. The van der Waals surface area contributed by atoms with Crippen molar-refractivity contribution in [3.05, 3.63) is 29.4 Å². The summed E-state index contributed by atoms with van der Waals surface area (Å²) in [5.74, 6) is 0.789. The minimum Gasteiger partial charge on any atom is -0.361 e. The molecule has 2 rings (SSSR count).